The second kappa shape index (κ2) is 7.09. The highest BCUT2D eigenvalue weighted by Crippen LogP contribution is 2.19. The van der Waals surface area contributed by atoms with Crippen molar-refractivity contribution in [2.24, 2.45) is 0 Å². The molecule has 5 nitrogen and oxygen atoms in total. The number of nitrogens with zero attached hydrogens (tertiary/aromatic N) is 2. The molecule has 0 spiro atoms. The molecule has 0 radical (unpaired) electrons. The van der Waals surface area contributed by atoms with E-state index < -0.39 is 6.04 Å². The van der Waals surface area contributed by atoms with E-state index >= 15 is 0 Å². The van der Waals surface area contributed by atoms with Crippen LogP contribution in [0.3, 0.4) is 0 Å². The van der Waals surface area contributed by atoms with Gasteiger partial charge in [-0.1, -0.05) is 23.2 Å². The normalized spacial score (nSPS) is 16.4. The third-order valence-corrected chi connectivity index (χ3v) is 4.13. The number of hydrogen-bond acceptors (Lipinski definition) is 3. The van der Waals surface area contributed by atoms with Crippen LogP contribution in [-0.2, 0) is 4.79 Å². The van der Waals surface area contributed by atoms with Crippen molar-refractivity contribution in [3.05, 3.63) is 28.0 Å². The molecular formula is C14H17Cl2N3O2. The van der Waals surface area contributed by atoms with Gasteiger partial charge >= 0.3 is 0 Å². The van der Waals surface area contributed by atoms with Crippen LogP contribution in [0.4, 0.5) is 0 Å². The van der Waals surface area contributed by atoms with Crippen molar-refractivity contribution < 1.29 is 9.59 Å². The van der Waals surface area contributed by atoms with Gasteiger partial charge in [0.2, 0.25) is 5.91 Å². The Hall–Kier alpha value is -1.33. The Morgan fingerprint density at radius 2 is 1.95 bits per heavy atom. The lowest BCUT2D eigenvalue weighted by molar-refractivity contribution is -0.133. The number of rotatable bonds is 3. The largest absolute Gasteiger partial charge is 0.341 e. The number of amides is 2. The van der Waals surface area contributed by atoms with Crippen LogP contribution in [-0.4, -0.2) is 40.8 Å². The van der Waals surface area contributed by atoms with Gasteiger partial charge in [0.25, 0.3) is 5.91 Å². The summed E-state index contributed by atoms with van der Waals surface area (Å²) in [5, 5.41) is 3.02. The standard InChI is InChI=1S/C14H17Cl2N3O2/c1-9(14(21)19-5-3-2-4-6-19)18-13(20)10-7-11(15)12(16)17-8-10/h7-9H,2-6H2,1H3,(H,18,20). The first-order valence-corrected chi connectivity index (χ1v) is 7.65. The van der Waals surface area contributed by atoms with Crippen molar-refractivity contribution in [1.29, 1.82) is 0 Å². The van der Waals surface area contributed by atoms with Crippen molar-refractivity contribution in [3.63, 3.8) is 0 Å². The first kappa shape index (κ1) is 16.0. The average molecular weight is 330 g/mol. The molecule has 2 heterocycles. The highest BCUT2D eigenvalue weighted by atomic mass is 35.5. The molecule has 1 aromatic heterocycles. The van der Waals surface area contributed by atoms with E-state index in [-0.39, 0.29) is 27.6 Å². The molecule has 114 valence electrons. The Labute approximate surface area is 133 Å². The van der Waals surface area contributed by atoms with Crippen molar-refractivity contribution in [2.45, 2.75) is 32.2 Å². The van der Waals surface area contributed by atoms with Gasteiger partial charge in [-0.15, -0.1) is 0 Å². The predicted octanol–water partition coefficient (Wildman–Crippen LogP) is 2.52. The van der Waals surface area contributed by atoms with Crippen molar-refractivity contribution in [3.8, 4) is 0 Å². The molecule has 21 heavy (non-hydrogen) atoms. The summed E-state index contributed by atoms with van der Waals surface area (Å²) in [4.78, 5) is 29.9. The summed E-state index contributed by atoms with van der Waals surface area (Å²) in [5.41, 5.74) is 0.280. The zero-order valence-corrected chi connectivity index (χ0v) is 13.2. The molecule has 1 unspecified atom stereocenters. The van der Waals surface area contributed by atoms with Crippen LogP contribution in [0.2, 0.25) is 10.2 Å². The second-order valence-corrected chi connectivity index (χ2v) is 5.84. The fourth-order valence-corrected chi connectivity index (χ4v) is 2.54. The Morgan fingerprint density at radius 1 is 1.29 bits per heavy atom. The summed E-state index contributed by atoms with van der Waals surface area (Å²) in [6, 6.07) is 0.856. The van der Waals surface area contributed by atoms with Crippen LogP contribution in [0.15, 0.2) is 12.3 Å². The van der Waals surface area contributed by atoms with Gasteiger partial charge in [0, 0.05) is 19.3 Å². The van der Waals surface area contributed by atoms with E-state index in [1.807, 2.05) is 0 Å². The van der Waals surface area contributed by atoms with Gasteiger partial charge in [-0.05, 0) is 32.3 Å². The summed E-state index contributed by atoms with van der Waals surface area (Å²) in [6.45, 7) is 3.19. The molecule has 2 rings (SSSR count). The van der Waals surface area contributed by atoms with Crippen molar-refractivity contribution in [2.75, 3.05) is 13.1 Å². The van der Waals surface area contributed by atoms with E-state index in [0.29, 0.717) is 0 Å². The van der Waals surface area contributed by atoms with Crippen LogP contribution in [0, 0.1) is 0 Å². The number of piperidine rings is 1. The highest BCUT2D eigenvalue weighted by Gasteiger charge is 2.23. The Morgan fingerprint density at radius 3 is 2.57 bits per heavy atom. The van der Waals surface area contributed by atoms with Gasteiger partial charge in [-0.25, -0.2) is 4.98 Å². The molecule has 1 aliphatic rings. The fraction of sp³-hybridized carbons (Fsp3) is 0.500. The van der Waals surface area contributed by atoms with Gasteiger partial charge < -0.3 is 10.2 Å². The molecule has 1 aliphatic heterocycles. The number of nitrogens with one attached hydrogen (secondary N) is 1. The monoisotopic (exact) mass is 329 g/mol. The van der Waals surface area contributed by atoms with Crippen molar-refractivity contribution in [1.82, 2.24) is 15.2 Å². The first-order valence-electron chi connectivity index (χ1n) is 6.89. The number of carbonyl (C=O) groups excluding carboxylic acids is 2. The molecular weight excluding hydrogens is 313 g/mol. The molecule has 1 fully saturated rings. The molecule has 1 atom stereocenters. The van der Waals surface area contributed by atoms with Crippen LogP contribution in [0.25, 0.3) is 0 Å². The summed E-state index contributed by atoms with van der Waals surface area (Å²) in [7, 11) is 0. The van der Waals surface area contributed by atoms with Gasteiger partial charge in [0.15, 0.2) is 0 Å². The molecule has 0 bridgehead atoms. The molecule has 7 heteroatoms. The molecule has 1 N–H and O–H groups in total. The summed E-state index contributed by atoms with van der Waals surface area (Å²) >= 11 is 11.5. The van der Waals surface area contributed by atoms with Crippen LogP contribution in [0.5, 0.6) is 0 Å². The van der Waals surface area contributed by atoms with Crippen LogP contribution in [0.1, 0.15) is 36.5 Å². The highest BCUT2D eigenvalue weighted by molar-refractivity contribution is 6.41. The smallest absolute Gasteiger partial charge is 0.253 e. The van der Waals surface area contributed by atoms with Crippen molar-refractivity contribution >= 4 is 35.0 Å². The van der Waals surface area contributed by atoms with Crippen LogP contribution >= 0.6 is 23.2 Å². The van der Waals surface area contributed by atoms with E-state index in [1.165, 1.54) is 12.3 Å². The lowest BCUT2D eigenvalue weighted by atomic mass is 10.1. The van der Waals surface area contributed by atoms with E-state index in [0.717, 1.165) is 32.4 Å². The van der Waals surface area contributed by atoms with Gasteiger partial charge in [-0.2, -0.15) is 0 Å². The molecule has 0 aromatic carbocycles. The number of pyridine rings is 1. The Balaban J connectivity index is 1.97. The third-order valence-electron chi connectivity index (χ3n) is 3.44. The van der Waals surface area contributed by atoms with E-state index in [1.54, 1.807) is 11.8 Å². The van der Waals surface area contributed by atoms with Gasteiger partial charge in [0.05, 0.1) is 10.6 Å². The molecule has 2 amide bonds. The third kappa shape index (κ3) is 4.08. The number of hydrogen-bond donors (Lipinski definition) is 1. The maximum Gasteiger partial charge on any atom is 0.253 e. The topological polar surface area (TPSA) is 62.3 Å². The lowest BCUT2D eigenvalue weighted by Crippen LogP contribution is -2.48. The lowest BCUT2D eigenvalue weighted by Gasteiger charge is -2.29. The fourth-order valence-electron chi connectivity index (χ4n) is 2.28. The zero-order chi connectivity index (χ0) is 15.4. The first-order chi connectivity index (χ1) is 9.99. The van der Waals surface area contributed by atoms with E-state index in [2.05, 4.69) is 10.3 Å². The van der Waals surface area contributed by atoms with Gasteiger partial charge in [-0.3, -0.25) is 9.59 Å². The number of aromatic nitrogens is 1. The van der Waals surface area contributed by atoms with Gasteiger partial charge in [0.1, 0.15) is 11.2 Å². The van der Waals surface area contributed by atoms with Crippen LogP contribution < -0.4 is 5.32 Å². The molecule has 1 saturated heterocycles. The minimum absolute atomic E-state index is 0.0592. The zero-order valence-electron chi connectivity index (χ0n) is 11.7. The minimum Gasteiger partial charge on any atom is -0.341 e. The summed E-state index contributed by atoms with van der Waals surface area (Å²) in [5.74, 6) is -0.449. The summed E-state index contributed by atoms with van der Waals surface area (Å²) in [6.07, 6.45) is 4.52. The SMILES string of the molecule is CC(NC(=O)c1cnc(Cl)c(Cl)c1)C(=O)N1CCCCC1. The number of likely N-dealkylation sites (tertiary alicyclic amines) is 1. The predicted molar refractivity (Wildman–Crippen MR) is 81.6 cm³/mol. The second-order valence-electron chi connectivity index (χ2n) is 5.08. The molecule has 0 saturated carbocycles. The minimum atomic E-state index is -0.579. The molecule has 1 aromatic rings. The average Bonchev–Trinajstić information content (AvgIpc) is 2.50. The van der Waals surface area contributed by atoms with E-state index in [4.69, 9.17) is 23.2 Å². The maximum absolute atomic E-state index is 12.2. The number of halogens is 2. The maximum atomic E-state index is 12.2. The molecule has 0 aliphatic carbocycles. The Kier molecular flexibility index (Phi) is 5.42. The summed E-state index contributed by atoms with van der Waals surface area (Å²) < 4.78 is 0. The quantitative estimate of drug-likeness (QED) is 0.866. The number of carbonyl (C=O) groups is 2. The Bertz CT molecular complexity index is 545. The van der Waals surface area contributed by atoms with E-state index in [9.17, 15) is 9.59 Å².